The quantitative estimate of drug-likeness (QED) is 0.278. The van der Waals surface area contributed by atoms with Crippen LogP contribution in [-0.2, 0) is 6.54 Å². The van der Waals surface area contributed by atoms with Crippen LogP contribution >= 0.6 is 0 Å². The minimum absolute atomic E-state index is 0.209. The third-order valence-electron chi connectivity index (χ3n) is 5.14. The van der Waals surface area contributed by atoms with E-state index in [0.717, 1.165) is 23.5 Å². The molecule has 2 amide bonds. The standard InChI is InChI=1S/C23H28N4O4/c1-24-23(26-15-16-10-11-17(30-2)14-20(16)31-3)25-12-6-7-13-27-21(28)18-8-4-5-9-19(18)22(27)29/h4-5,8-11,14H,6-7,12-13,15H2,1-3H3,(H2,24,25,26). The Morgan fingerprint density at radius 1 is 0.968 bits per heavy atom. The summed E-state index contributed by atoms with van der Waals surface area (Å²) < 4.78 is 10.6. The van der Waals surface area contributed by atoms with Gasteiger partial charge in [0.1, 0.15) is 11.5 Å². The van der Waals surface area contributed by atoms with Crippen molar-refractivity contribution < 1.29 is 19.1 Å². The average molecular weight is 425 g/mol. The number of benzene rings is 2. The van der Waals surface area contributed by atoms with Crippen molar-refractivity contribution in [3.05, 3.63) is 59.2 Å². The molecule has 1 aliphatic heterocycles. The van der Waals surface area contributed by atoms with Crippen LogP contribution in [0.2, 0.25) is 0 Å². The number of ether oxygens (including phenoxy) is 2. The zero-order chi connectivity index (χ0) is 22.2. The van der Waals surface area contributed by atoms with E-state index in [2.05, 4.69) is 15.6 Å². The molecule has 0 spiro atoms. The van der Waals surface area contributed by atoms with Crippen LogP contribution in [0.15, 0.2) is 47.5 Å². The van der Waals surface area contributed by atoms with Gasteiger partial charge in [-0.2, -0.15) is 0 Å². The molecule has 8 heteroatoms. The summed E-state index contributed by atoms with van der Waals surface area (Å²) in [4.78, 5) is 30.3. The van der Waals surface area contributed by atoms with Crippen LogP contribution in [0.1, 0.15) is 39.1 Å². The molecule has 0 unspecified atom stereocenters. The summed E-state index contributed by atoms with van der Waals surface area (Å²) >= 11 is 0. The first-order valence-corrected chi connectivity index (χ1v) is 10.2. The molecule has 0 radical (unpaired) electrons. The van der Waals surface area contributed by atoms with Crippen LogP contribution in [0.5, 0.6) is 11.5 Å². The lowest BCUT2D eigenvalue weighted by atomic mass is 10.1. The minimum Gasteiger partial charge on any atom is -0.497 e. The van der Waals surface area contributed by atoms with Crippen LogP contribution < -0.4 is 20.1 Å². The van der Waals surface area contributed by atoms with E-state index in [1.165, 1.54) is 4.90 Å². The molecule has 0 atom stereocenters. The Bertz CT molecular complexity index is 939. The molecule has 31 heavy (non-hydrogen) atoms. The van der Waals surface area contributed by atoms with Gasteiger partial charge in [0.25, 0.3) is 11.8 Å². The fourth-order valence-corrected chi connectivity index (χ4v) is 3.44. The largest absolute Gasteiger partial charge is 0.497 e. The van der Waals surface area contributed by atoms with Crippen LogP contribution in [0.3, 0.4) is 0 Å². The molecular formula is C23H28N4O4. The van der Waals surface area contributed by atoms with Crippen LogP contribution in [0.25, 0.3) is 0 Å². The first-order valence-electron chi connectivity index (χ1n) is 10.2. The van der Waals surface area contributed by atoms with E-state index in [1.807, 2.05) is 18.2 Å². The van der Waals surface area contributed by atoms with Gasteiger partial charge in [0.2, 0.25) is 0 Å². The van der Waals surface area contributed by atoms with E-state index in [1.54, 1.807) is 45.5 Å². The summed E-state index contributed by atoms with van der Waals surface area (Å²) in [5.41, 5.74) is 1.96. The van der Waals surface area contributed by atoms with Crippen molar-refractivity contribution in [2.24, 2.45) is 4.99 Å². The van der Waals surface area contributed by atoms with Gasteiger partial charge in [-0.25, -0.2) is 0 Å². The second kappa shape index (κ2) is 10.5. The average Bonchev–Trinajstić information content (AvgIpc) is 3.05. The van der Waals surface area contributed by atoms with Gasteiger partial charge in [-0.1, -0.05) is 12.1 Å². The lowest BCUT2D eigenvalue weighted by molar-refractivity contribution is 0.0652. The van der Waals surface area contributed by atoms with Crippen molar-refractivity contribution in [1.29, 1.82) is 0 Å². The van der Waals surface area contributed by atoms with Crippen LogP contribution in [-0.4, -0.2) is 57.0 Å². The number of carbonyl (C=O) groups is 2. The van der Waals surface area contributed by atoms with Crippen molar-refractivity contribution in [3.8, 4) is 11.5 Å². The Kier molecular flexibility index (Phi) is 7.48. The summed E-state index contributed by atoms with van der Waals surface area (Å²) in [6.07, 6.45) is 1.50. The predicted octanol–water partition coefficient (Wildman–Crippen LogP) is 2.45. The summed E-state index contributed by atoms with van der Waals surface area (Å²) in [6.45, 7) is 1.62. The molecule has 2 aromatic carbocycles. The van der Waals surface area contributed by atoms with Gasteiger partial charge in [-0.15, -0.1) is 0 Å². The van der Waals surface area contributed by atoms with E-state index >= 15 is 0 Å². The molecular weight excluding hydrogens is 396 g/mol. The number of nitrogens with one attached hydrogen (secondary N) is 2. The van der Waals surface area contributed by atoms with Gasteiger partial charge in [0.15, 0.2) is 5.96 Å². The van der Waals surface area contributed by atoms with E-state index in [4.69, 9.17) is 9.47 Å². The Balaban J connectivity index is 1.41. The first kappa shape index (κ1) is 22.1. The SMILES string of the molecule is CN=C(NCCCCN1C(=O)c2ccccc2C1=O)NCc1ccc(OC)cc1OC. The highest BCUT2D eigenvalue weighted by atomic mass is 16.5. The van der Waals surface area contributed by atoms with Gasteiger partial charge >= 0.3 is 0 Å². The molecule has 2 aromatic rings. The monoisotopic (exact) mass is 424 g/mol. The number of hydrogen-bond donors (Lipinski definition) is 2. The Labute approximate surface area is 182 Å². The highest BCUT2D eigenvalue weighted by molar-refractivity contribution is 6.21. The Morgan fingerprint density at radius 3 is 2.29 bits per heavy atom. The number of guanidine groups is 1. The fraction of sp³-hybridized carbons (Fsp3) is 0.348. The topological polar surface area (TPSA) is 92.3 Å². The van der Waals surface area contributed by atoms with Crippen molar-refractivity contribution in [2.75, 3.05) is 34.4 Å². The Hall–Kier alpha value is -3.55. The van der Waals surface area contributed by atoms with Crippen LogP contribution in [0, 0.1) is 0 Å². The van der Waals surface area contributed by atoms with E-state index < -0.39 is 0 Å². The van der Waals surface area contributed by atoms with E-state index in [9.17, 15) is 9.59 Å². The van der Waals surface area contributed by atoms with Crippen molar-refractivity contribution in [2.45, 2.75) is 19.4 Å². The molecule has 1 aliphatic rings. The van der Waals surface area contributed by atoms with Gasteiger partial charge in [-0.3, -0.25) is 19.5 Å². The number of nitrogens with zero attached hydrogens (tertiary/aromatic N) is 2. The number of methoxy groups -OCH3 is 2. The van der Waals surface area contributed by atoms with Gasteiger partial charge in [0, 0.05) is 38.3 Å². The Morgan fingerprint density at radius 2 is 1.68 bits per heavy atom. The lowest BCUT2D eigenvalue weighted by Crippen LogP contribution is -2.37. The fourth-order valence-electron chi connectivity index (χ4n) is 3.44. The summed E-state index contributed by atoms with van der Waals surface area (Å²) in [7, 11) is 4.95. The van der Waals surface area contributed by atoms with Crippen LogP contribution in [0.4, 0.5) is 0 Å². The zero-order valence-electron chi connectivity index (χ0n) is 18.1. The molecule has 0 saturated carbocycles. The van der Waals surface area contributed by atoms with Crippen molar-refractivity contribution >= 4 is 17.8 Å². The normalized spacial score (nSPS) is 13.3. The molecule has 1 heterocycles. The third-order valence-corrected chi connectivity index (χ3v) is 5.14. The number of imide groups is 1. The molecule has 2 N–H and O–H groups in total. The van der Waals surface area contributed by atoms with Crippen molar-refractivity contribution in [3.63, 3.8) is 0 Å². The predicted molar refractivity (Wildman–Crippen MR) is 119 cm³/mol. The first-order chi connectivity index (χ1) is 15.1. The number of aliphatic imine (C=N–C) groups is 1. The molecule has 0 fully saturated rings. The van der Waals surface area contributed by atoms with E-state index in [0.29, 0.717) is 43.1 Å². The molecule has 0 aliphatic carbocycles. The second-order valence-corrected chi connectivity index (χ2v) is 7.04. The highest BCUT2D eigenvalue weighted by Crippen LogP contribution is 2.24. The maximum atomic E-state index is 12.4. The number of rotatable bonds is 9. The molecule has 8 nitrogen and oxygen atoms in total. The summed E-state index contributed by atoms with van der Waals surface area (Å²) in [5, 5.41) is 6.51. The summed E-state index contributed by atoms with van der Waals surface area (Å²) in [5.74, 6) is 1.72. The number of fused-ring (bicyclic) bond motifs is 1. The van der Waals surface area contributed by atoms with Gasteiger partial charge < -0.3 is 20.1 Å². The lowest BCUT2D eigenvalue weighted by Gasteiger charge is -2.16. The highest BCUT2D eigenvalue weighted by Gasteiger charge is 2.34. The number of amides is 2. The maximum Gasteiger partial charge on any atom is 0.261 e. The zero-order valence-corrected chi connectivity index (χ0v) is 18.1. The maximum absolute atomic E-state index is 12.4. The molecule has 0 bridgehead atoms. The summed E-state index contributed by atoms with van der Waals surface area (Å²) in [6, 6.07) is 12.6. The van der Waals surface area contributed by atoms with E-state index in [-0.39, 0.29) is 11.8 Å². The number of carbonyl (C=O) groups excluding carboxylic acids is 2. The van der Waals surface area contributed by atoms with Crippen molar-refractivity contribution in [1.82, 2.24) is 15.5 Å². The number of unbranched alkanes of at least 4 members (excludes halogenated alkanes) is 1. The number of hydrogen-bond acceptors (Lipinski definition) is 5. The smallest absolute Gasteiger partial charge is 0.261 e. The molecule has 0 aromatic heterocycles. The third kappa shape index (κ3) is 5.14. The molecule has 164 valence electrons. The molecule has 3 rings (SSSR count). The second-order valence-electron chi connectivity index (χ2n) is 7.04. The minimum atomic E-state index is -0.209. The van der Waals surface area contributed by atoms with Gasteiger partial charge in [-0.05, 0) is 37.1 Å². The molecule has 0 saturated heterocycles. The van der Waals surface area contributed by atoms with Gasteiger partial charge in [0.05, 0.1) is 25.3 Å².